The van der Waals surface area contributed by atoms with Crippen molar-refractivity contribution in [3.63, 3.8) is 0 Å². The van der Waals surface area contributed by atoms with E-state index in [0.29, 0.717) is 17.5 Å². The molecule has 0 spiro atoms. The molecule has 0 heterocycles. The lowest BCUT2D eigenvalue weighted by Crippen LogP contribution is -2.28. The van der Waals surface area contributed by atoms with E-state index in [1.807, 2.05) is 36.6 Å². The van der Waals surface area contributed by atoms with Gasteiger partial charge in [-0.2, -0.15) is 11.8 Å². The van der Waals surface area contributed by atoms with Gasteiger partial charge in [-0.25, -0.2) is 0 Å². The molecule has 2 aromatic rings. The molecular formula is C15H17NO2S. The summed E-state index contributed by atoms with van der Waals surface area (Å²) in [5, 5.41) is 11.9. The number of benzene rings is 2. The van der Waals surface area contributed by atoms with Gasteiger partial charge >= 0.3 is 0 Å². The van der Waals surface area contributed by atoms with E-state index in [0.717, 1.165) is 11.1 Å². The molecule has 0 aliphatic rings. The Balaban J connectivity index is 2.35. The molecule has 0 atom stereocenters. The van der Waals surface area contributed by atoms with Crippen LogP contribution < -0.4 is 0 Å². The molecule has 100 valence electrons. The fraction of sp³-hybridized carbons (Fsp3) is 0.267. The zero-order valence-electron chi connectivity index (χ0n) is 11.1. The summed E-state index contributed by atoms with van der Waals surface area (Å²) in [5.74, 6) is 0.813. The standard InChI is InChI=1S/C15H17NO2S/c1-16(9-10-19-2)15(18)13-8-7-11-5-3-4-6-12(11)14(13)17/h3-8,17H,9-10H2,1-2H3. The number of rotatable bonds is 4. The Hall–Kier alpha value is -1.68. The molecule has 0 saturated heterocycles. The number of phenolic OH excluding ortho intramolecular Hbond substituents is 1. The van der Waals surface area contributed by atoms with Crippen LogP contribution >= 0.6 is 11.8 Å². The first kappa shape index (κ1) is 13.7. The van der Waals surface area contributed by atoms with E-state index >= 15 is 0 Å². The molecule has 19 heavy (non-hydrogen) atoms. The average molecular weight is 275 g/mol. The second-order valence-electron chi connectivity index (χ2n) is 4.40. The van der Waals surface area contributed by atoms with Gasteiger partial charge in [0.05, 0.1) is 5.56 Å². The van der Waals surface area contributed by atoms with E-state index in [1.165, 1.54) is 0 Å². The minimum atomic E-state index is -0.141. The summed E-state index contributed by atoms with van der Waals surface area (Å²) in [6, 6.07) is 11.1. The smallest absolute Gasteiger partial charge is 0.257 e. The Morgan fingerprint density at radius 2 is 2.00 bits per heavy atom. The maximum absolute atomic E-state index is 12.3. The number of phenols is 1. The number of fused-ring (bicyclic) bond motifs is 1. The van der Waals surface area contributed by atoms with Gasteiger partial charge in [0.1, 0.15) is 5.75 Å². The molecule has 0 aliphatic carbocycles. The number of carbonyl (C=O) groups is 1. The van der Waals surface area contributed by atoms with E-state index in [4.69, 9.17) is 0 Å². The van der Waals surface area contributed by atoms with Gasteiger partial charge in [-0.05, 0) is 17.7 Å². The average Bonchev–Trinajstić information content (AvgIpc) is 2.44. The predicted molar refractivity (Wildman–Crippen MR) is 81.0 cm³/mol. The highest BCUT2D eigenvalue weighted by Gasteiger charge is 2.17. The molecule has 0 fully saturated rings. The molecule has 0 aromatic heterocycles. The van der Waals surface area contributed by atoms with Gasteiger partial charge in [0.25, 0.3) is 5.91 Å². The van der Waals surface area contributed by atoms with Crippen LogP contribution in [0.15, 0.2) is 36.4 Å². The van der Waals surface area contributed by atoms with Crippen LogP contribution in [-0.2, 0) is 0 Å². The zero-order valence-corrected chi connectivity index (χ0v) is 11.9. The highest BCUT2D eigenvalue weighted by molar-refractivity contribution is 7.98. The second kappa shape index (κ2) is 5.97. The van der Waals surface area contributed by atoms with Crippen LogP contribution in [0.3, 0.4) is 0 Å². The van der Waals surface area contributed by atoms with Gasteiger partial charge in [-0.3, -0.25) is 4.79 Å². The van der Waals surface area contributed by atoms with E-state index in [9.17, 15) is 9.90 Å². The molecule has 1 N–H and O–H groups in total. The highest BCUT2D eigenvalue weighted by atomic mass is 32.2. The van der Waals surface area contributed by atoms with Crippen LogP contribution in [0.2, 0.25) is 0 Å². The SMILES string of the molecule is CSCCN(C)C(=O)c1ccc2ccccc2c1O. The molecule has 3 nitrogen and oxygen atoms in total. The van der Waals surface area contributed by atoms with Crippen molar-refractivity contribution in [2.24, 2.45) is 0 Å². The van der Waals surface area contributed by atoms with E-state index in [2.05, 4.69) is 0 Å². The lowest BCUT2D eigenvalue weighted by Gasteiger charge is -2.17. The number of thioether (sulfide) groups is 1. The maximum atomic E-state index is 12.3. The summed E-state index contributed by atoms with van der Waals surface area (Å²) in [7, 11) is 1.76. The van der Waals surface area contributed by atoms with Gasteiger partial charge in [0.15, 0.2) is 0 Å². The van der Waals surface area contributed by atoms with Crippen molar-refractivity contribution >= 4 is 28.4 Å². The van der Waals surface area contributed by atoms with Gasteiger partial charge < -0.3 is 10.0 Å². The molecule has 0 unspecified atom stereocenters. The van der Waals surface area contributed by atoms with Gasteiger partial charge in [0.2, 0.25) is 0 Å². The number of hydrogen-bond donors (Lipinski definition) is 1. The normalized spacial score (nSPS) is 10.6. The molecule has 0 bridgehead atoms. The van der Waals surface area contributed by atoms with Crippen molar-refractivity contribution in [3.8, 4) is 5.75 Å². The predicted octanol–water partition coefficient (Wildman–Crippen LogP) is 2.98. The molecular weight excluding hydrogens is 258 g/mol. The van der Waals surface area contributed by atoms with Crippen molar-refractivity contribution in [2.75, 3.05) is 25.6 Å². The molecule has 0 aliphatic heterocycles. The molecule has 1 amide bonds. The van der Waals surface area contributed by atoms with Crippen molar-refractivity contribution in [1.82, 2.24) is 4.90 Å². The molecule has 2 rings (SSSR count). The quantitative estimate of drug-likeness (QED) is 0.932. The first-order valence-electron chi connectivity index (χ1n) is 6.10. The fourth-order valence-electron chi connectivity index (χ4n) is 1.96. The van der Waals surface area contributed by atoms with E-state index in [-0.39, 0.29) is 11.7 Å². The minimum absolute atomic E-state index is 0.0686. The third-order valence-corrected chi connectivity index (χ3v) is 3.70. The number of aromatic hydroxyl groups is 1. The topological polar surface area (TPSA) is 40.5 Å². The summed E-state index contributed by atoms with van der Waals surface area (Å²) < 4.78 is 0. The molecule has 2 aromatic carbocycles. The van der Waals surface area contributed by atoms with Crippen LogP contribution in [0.5, 0.6) is 5.75 Å². The van der Waals surface area contributed by atoms with Crippen LogP contribution in [0.25, 0.3) is 10.8 Å². The van der Waals surface area contributed by atoms with Crippen molar-refractivity contribution < 1.29 is 9.90 Å². The maximum Gasteiger partial charge on any atom is 0.257 e. The van der Waals surface area contributed by atoms with Gasteiger partial charge in [-0.1, -0.05) is 30.3 Å². The number of carbonyl (C=O) groups excluding carboxylic acids is 1. The summed E-state index contributed by atoms with van der Waals surface area (Å²) in [6.07, 6.45) is 2.01. The second-order valence-corrected chi connectivity index (χ2v) is 5.39. The molecule has 4 heteroatoms. The fourth-order valence-corrected chi connectivity index (χ4v) is 2.42. The Bertz CT molecular complexity index is 598. The summed E-state index contributed by atoms with van der Waals surface area (Å²) >= 11 is 1.69. The Labute approximate surface area is 117 Å². The van der Waals surface area contributed by atoms with Gasteiger partial charge in [-0.15, -0.1) is 0 Å². The number of amides is 1. The third kappa shape index (κ3) is 2.84. The van der Waals surface area contributed by atoms with Crippen LogP contribution in [0.1, 0.15) is 10.4 Å². The largest absolute Gasteiger partial charge is 0.506 e. The molecule has 0 radical (unpaired) electrons. The Morgan fingerprint density at radius 1 is 1.26 bits per heavy atom. The number of hydrogen-bond acceptors (Lipinski definition) is 3. The van der Waals surface area contributed by atoms with Crippen LogP contribution in [0.4, 0.5) is 0 Å². The summed E-state index contributed by atoms with van der Waals surface area (Å²) in [5.41, 5.74) is 0.363. The first-order valence-corrected chi connectivity index (χ1v) is 7.49. The van der Waals surface area contributed by atoms with Crippen molar-refractivity contribution in [3.05, 3.63) is 42.0 Å². The minimum Gasteiger partial charge on any atom is -0.506 e. The third-order valence-electron chi connectivity index (χ3n) is 3.11. The zero-order chi connectivity index (χ0) is 13.8. The first-order chi connectivity index (χ1) is 9.15. The lowest BCUT2D eigenvalue weighted by molar-refractivity contribution is 0.0801. The Morgan fingerprint density at radius 3 is 2.74 bits per heavy atom. The van der Waals surface area contributed by atoms with Crippen LogP contribution in [0, 0.1) is 0 Å². The highest BCUT2D eigenvalue weighted by Crippen LogP contribution is 2.29. The lowest BCUT2D eigenvalue weighted by atomic mass is 10.0. The monoisotopic (exact) mass is 275 g/mol. The molecule has 0 saturated carbocycles. The Kier molecular flexibility index (Phi) is 4.32. The van der Waals surface area contributed by atoms with E-state index in [1.54, 1.807) is 29.8 Å². The van der Waals surface area contributed by atoms with Crippen molar-refractivity contribution in [2.45, 2.75) is 0 Å². The van der Waals surface area contributed by atoms with E-state index < -0.39 is 0 Å². The van der Waals surface area contributed by atoms with Gasteiger partial charge in [0, 0.05) is 24.7 Å². The summed E-state index contributed by atoms with van der Waals surface area (Å²) in [6.45, 7) is 0.673. The summed E-state index contributed by atoms with van der Waals surface area (Å²) in [4.78, 5) is 13.9. The van der Waals surface area contributed by atoms with Crippen LogP contribution in [-0.4, -0.2) is 41.5 Å². The number of nitrogens with zero attached hydrogens (tertiary/aromatic N) is 1. The van der Waals surface area contributed by atoms with Crippen molar-refractivity contribution in [1.29, 1.82) is 0 Å².